The Morgan fingerprint density at radius 2 is 0.833 bits per heavy atom. The van der Waals surface area contributed by atoms with Gasteiger partial charge in [0.2, 0.25) is 0 Å². The number of rotatable bonds is 29. The van der Waals surface area contributed by atoms with Gasteiger partial charge in [-0.3, -0.25) is 0 Å². The van der Waals surface area contributed by atoms with Crippen LogP contribution in [0.1, 0.15) is 181 Å². The van der Waals surface area contributed by atoms with Gasteiger partial charge in [-0.15, -0.1) is 0 Å². The molecule has 0 rings (SSSR count). The van der Waals surface area contributed by atoms with Crippen LogP contribution in [0.2, 0.25) is 0 Å². The standard InChI is InChI=1S/C32H65NO2.Li/c1-4-7-9-11-13-15-17-19-21-23-25-28-33(31(27-6-3)30-32(34)35)29-26-24-22-20-18-16-14-12-10-8-5-2;/h31H,4-30H2,1-3H3,(H,34,35);/q;+1/p-1. The molecule has 0 saturated heterocycles. The fourth-order valence-corrected chi connectivity index (χ4v) is 5.37. The number of carbonyl (C=O) groups excluding carboxylic acids is 1. The van der Waals surface area contributed by atoms with E-state index in [1.54, 1.807) is 0 Å². The predicted octanol–water partition coefficient (Wildman–Crippen LogP) is 6.22. The molecule has 0 aliphatic carbocycles. The monoisotopic (exact) mass is 502 g/mol. The molecular weight excluding hydrogens is 437 g/mol. The second-order valence-electron chi connectivity index (χ2n) is 11.1. The van der Waals surface area contributed by atoms with Gasteiger partial charge in [-0.05, 0) is 32.4 Å². The van der Waals surface area contributed by atoms with Gasteiger partial charge in [0.1, 0.15) is 0 Å². The summed E-state index contributed by atoms with van der Waals surface area (Å²) in [4.78, 5) is 13.9. The number of nitrogens with zero attached hydrogens (tertiary/aromatic N) is 1. The fraction of sp³-hybridized carbons (Fsp3) is 0.969. The molecule has 3 nitrogen and oxygen atoms in total. The van der Waals surface area contributed by atoms with Crippen LogP contribution in [0, 0.1) is 0 Å². The van der Waals surface area contributed by atoms with Gasteiger partial charge in [-0.25, -0.2) is 0 Å². The molecule has 0 heterocycles. The number of unbranched alkanes of at least 4 members (excludes halogenated alkanes) is 20. The van der Waals surface area contributed by atoms with E-state index in [0.717, 1.165) is 25.9 Å². The predicted molar refractivity (Wildman–Crippen MR) is 153 cm³/mol. The van der Waals surface area contributed by atoms with Gasteiger partial charge in [0.05, 0.1) is 0 Å². The molecule has 0 spiro atoms. The van der Waals surface area contributed by atoms with Crippen molar-refractivity contribution in [2.45, 2.75) is 187 Å². The SMILES string of the molecule is CCCCCCCCCCCCCN(CCCCCCCCCCCCC)C(CCC)CC(=O)[O-].[Li+]. The van der Waals surface area contributed by atoms with Gasteiger partial charge >= 0.3 is 18.9 Å². The summed E-state index contributed by atoms with van der Waals surface area (Å²) in [7, 11) is 0. The van der Waals surface area contributed by atoms with Crippen molar-refractivity contribution in [3.05, 3.63) is 0 Å². The Morgan fingerprint density at radius 1 is 0.528 bits per heavy atom. The maximum atomic E-state index is 11.4. The third-order valence-corrected chi connectivity index (χ3v) is 7.64. The Labute approximate surface area is 239 Å². The van der Waals surface area contributed by atoms with E-state index in [1.807, 2.05) is 0 Å². The Morgan fingerprint density at radius 3 is 1.11 bits per heavy atom. The molecule has 0 N–H and O–H groups in total. The van der Waals surface area contributed by atoms with Crippen LogP contribution in [-0.4, -0.2) is 30.0 Å². The molecule has 0 fully saturated rings. The number of carbonyl (C=O) groups is 1. The maximum Gasteiger partial charge on any atom is 1.00 e. The third kappa shape index (κ3) is 27.1. The van der Waals surface area contributed by atoms with Crippen molar-refractivity contribution in [1.29, 1.82) is 0 Å². The van der Waals surface area contributed by atoms with Crippen LogP contribution < -0.4 is 24.0 Å². The zero-order valence-electron chi connectivity index (χ0n) is 25.4. The number of hydrogen-bond donors (Lipinski definition) is 0. The number of carboxylic acid groups (broad SMARTS) is 1. The van der Waals surface area contributed by atoms with Crippen LogP contribution in [0.5, 0.6) is 0 Å². The maximum absolute atomic E-state index is 11.4. The summed E-state index contributed by atoms with van der Waals surface area (Å²) in [5, 5.41) is 11.4. The molecular formula is C32H64LiNO2. The first-order valence-electron chi connectivity index (χ1n) is 16.1. The molecule has 210 valence electrons. The zero-order chi connectivity index (χ0) is 25.8. The summed E-state index contributed by atoms with van der Waals surface area (Å²) in [5.41, 5.74) is 0. The summed E-state index contributed by atoms with van der Waals surface area (Å²) in [6.45, 7) is 8.86. The van der Waals surface area contributed by atoms with E-state index in [1.165, 1.54) is 141 Å². The quantitative estimate of drug-likeness (QED) is 0.0902. The Balaban J connectivity index is 0. The topological polar surface area (TPSA) is 43.4 Å². The van der Waals surface area contributed by atoms with E-state index in [9.17, 15) is 9.90 Å². The Hall–Kier alpha value is 0.0274. The van der Waals surface area contributed by atoms with E-state index in [2.05, 4.69) is 25.7 Å². The molecule has 0 saturated carbocycles. The normalized spacial score (nSPS) is 12.1. The minimum Gasteiger partial charge on any atom is -0.550 e. The van der Waals surface area contributed by atoms with Crippen molar-refractivity contribution in [2.24, 2.45) is 0 Å². The summed E-state index contributed by atoms with van der Waals surface area (Å²) >= 11 is 0. The minimum atomic E-state index is -0.883. The Bertz CT molecular complexity index is 406. The van der Waals surface area contributed by atoms with Crippen LogP contribution in [-0.2, 0) is 4.79 Å². The van der Waals surface area contributed by atoms with Crippen molar-refractivity contribution in [3.63, 3.8) is 0 Å². The van der Waals surface area contributed by atoms with E-state index < -0.39 is 5.97 Å². The smallest absolute Gasteiger partial charge is 0.550 e. The molecule has 0 aliphatic heterocycles. The van der Waals surface area contributed by atoms with Gasteiger partial charge < -0.3 is 14.8 Å². The average Bonchev–Trinajstić information content (AvgIpc) is 2.84. The third-order valence-electron chi connectivity index (χ3n) is 7.64. The molecule has 0 aromatic carbocycles. The van der Waals surface area contributed by atoms with Crippen LogP contribution in [0.3, 0.4) is 0 Å². The molecule has 0 aliphatic rings. The van der Waals surface area contributed by atoms with Crippen molar-refractivity contribution in [1.82, 2.24) is 4.90 Å². The zero-order valence-corrected chi connectivity index (χ0v) is 25.4. The van der Waals surface area contributed by atoms with E-state index in [0.29, 0.717) is 0 Å². The van der Waals surface area contributed by atoms with Gasteiger partial charge in [-0.1, -0.05) is 156 Å². The van der Waals surface area contributed by atoms with E-state index in [-0.39, 0.29) is 31.3 Å². The molecule has 0 amide bonds. The molecule has 0 radical (unpaired) electrons. The summed E-state index contributed by atoms with van der Waals surface area (Å²) in [5.74, 6) is -0.883. The fourth-order valence-electron chi connectivity index (χ4n) is 5.37. The molecule has 0 aromatic rings. The van der Waals surface area contributed by atoms with Crippen LogP contribution in [0.4, 0.5) is 0 Å². The summed E-state index contributed by atoms with van der Waals surface area (Å²) in [6.07, 6.45) is 32.1. The van der Waals surface area contributed by atoms with Crippen LogP contribution >= 0.6 is 0 Å². The molecule has 1 atom stereocenters. The molecule has 1 unspecified atom stereocenters. The number of carboxylic acids is 1. The van der Waals surface area contributed by atoms with Gasteiger partial charge in [0.15, 0.2) is 0 Å². The second kappa shape index (κ2) is 31.2. The molecule has 4 heteroatoms. The minimum absolute atomic E-state index is 0. The van der Waals surface area contributed by atoms with Gasteiger partial charge in [0.25, 0.3) is 0 Å². The molecule has 0 bridgehead atoms. The first-order valence-corrected chi connectivity index (χ1v) is 16.1. The van der Waals surface area contributed by atoms with Crippen molar-refractivity contribution in [2.75, 3.05) is 13.1 Å². The summed E-state index contributed by atoms with van der Waals surface area (Å²) in [6, 6.07) is 0.163. The van der Waals surface area contributed by atoms with E-state index in [4.69, 9.17) is 0 Å². The second-order valence-corrected chi connectivity index (χ2v) is 11.1. The first-order chi connectivity index (χ1) is 17.2. The number of aliphatic carboxylic acids is 1. The van der Waals surface area contributed by atoms with Crippen LogP contribution in [0.15, 0.2) is 0 Å². The molecule has 0 aromatic heterocycles. The van der Waals surface area contributed by atoms with Crippen molar-refractivity contribution >= 4 is 5.97 Å². The van der Waals surface area contributed by atoms with Crippen molar-refractivity contribution < 1.29 is 28.8 Å². The van der Waals surface area contributed by atoms with Crippen molar-refractivity contribution in [3.8, 4) is 0 Å². The van der Waals surface area contributed by atoms with Crippen LogP contribution in [0.25, 0.3) is 0 Å². The average molecular weight is 502 g/mol. The largest absolute Gasteiger partial charge is 1.00 e. The number of hydrogen-bond acceptors (Lipinski definition) is 3. The first kappa shape index (κ1) is 38.2. The Kier molecular flexibility index (Phi) is 33.1. The van der Waals surface area contributed by atoms with Gasteiger partial charge in [-0.2, -0.15) is 0 Å². The van der Waals surface area contributed by atoms with Gasteiger partial charge in [0, 0.05) is 18.4 Å². The molecule has 36 heavy (non-hydrogen) atoms. The van der Waals surface area contributed by atoms with E-state index >= 15 is 0 Å². The summed E-state index contributed by atoms with van der Waals surface area (Å²) < 4.78 is 0.